The lowest BCUT2D eigenvalue weighted by molar-refractivity contribution is 0.514. The van der Waals surface area contributed by atoms with Gasteiger partial charge in [-0.05, 0) is 30.2 Å². The van der Waals surface area contributed by atoms with Gasteiger partial charge in [-0.15, -0.1) is 0 Å². The van der Waals surface area contributed by atoms with Crippen molar-refractivity contribution in [2.45, 2.75) is 25.9 Å². The van der Waals surface area contributed by atoms with E-state index in [1.807, 2.05) is 18.2 Å². The number of hydrogen-bond acceptors (Lipinski definition) is 3. The molecule has 1 heterocycles. The van der Waals surface area contributed by atoms with Crippen molar-refractivity contribution >= 4 is 23.2 Å². The zero-order valence-corrected chi connectivity index (χ0v) is 12.1. The molecule has 2 aromatic rings. The van der Waals surface area contributed by atoms with Crippen LogP contribution in [0.25, 0.3) is 0 Å². The molecule has 0 aliphatic carbocycles. The first-order valence-corrected chi connectivity index (χ1v) is 6.89. The number of hydrogen-bond donors (Lipinski definition) is 1. The van der Waals surface area contributed by atoms with E-state index in [9.17, 15) is 0 Å². The fraction of sp³-hybridized carbons (Fsp3) is 0.286. The first-order chi connectivity index (χ1) is 9.20. The molecule has 1 N–H and O–H groups in total. The molecule has 0 aliphatic rings. The van der Waals surface area contributed by atoms with Gasteiger partial charge in [-0.25, -0.2) is 9.97 Å². The maximum absolute atomic E-state index is 6.23. The summed E-state index contributed by atoms with van der Waals surface area (Å²) >= 11 is 12.2. The zero-order valence-electron chi connectivity index (χ0n) is 10.6. The Morgan fingerprint density at radius 1 is 1.26 bits per heavy atom. The SMILES string of the molecule is CCC(NCc1ccncn1)c1ccc(Cl)cc1Cl. The first-order valence-electron chi connectivity index (χ1n) is 6.14. The number of aromatic nitrogens is 2. The predicted molar refractivity (Wildman–Crippen MR) is 78.4 cm³/mol. The Bertz CT molecular complexity index is 531. The maximum atomic E-state index is 6.23. The fourth-order valence-corrected chi connectivity index (χ4v) is 2.45. The van der Waals surface area contributed by atoms with Crippen LogP contribution in [0.2, 0.25) is 10.0 Å². The largest absolute Gasteiger partial charge is 0.304 e. The van der Waals surface area contributed by atoms with Gasteiger partial charge >= 0.3 is 0 Å². The molecular formula is C14H15Cl2N3. The van der Waals surface area contributed by atoms with E-state index >= 15 is 0 Å². The Labute approximate surface area is 123 Å². The van der Waals surface area contributed by atoms with Crippen LogP contribution in [0.15, 0.2) is 36.8 Å². The molecule has 0 spiro atoms. The van der Waals surface area contributed by atoms with Crippen molar-refractivity contribution in [1.82, 2.24) is 15.3 Å². The Hall–Kier alpha value is -1.16. The summed E-state index contributed by atoms with van der Waals surface area (Å²) < 4.78 is 0. The summed E-state index contributed by atoms with van der Waals surface area (Å²) in [5, 5.41) is 4.79. The zero-order chi connectivity index (χ0) is 13.7. The minimum atomic E-state index is 0.180. The van der Waals surface area contributed by atoms with Crippen molar-refractivity contribution in [3.63, 3.8) is 0 Å². The van der Waals surface area contributed by atoms with Crippen molar-refractivity contribution in [3.8, 4) is 0 Å². The van der Waals surface area contributed by atoms with Crippen LogP contribution in [-0.2, 0) is 6.54 Å². The lowest BCUT2D eigenvalue weighted by Gasteiger charge is -2.18. The highest BCUT2D eigenvalue weighted by Crippen LogP contribution is 2.28. The van der Waals surface area contributed by atoms with Crippen LogP contribution >= 0.6 is 23.2 Å². The third-order valence-electron chi connectivity index (χ3n) is 2.92. The van der Waals surface area contributed by atoms with E-state index < -0.39 is 0 Å². The van der Waals surface area contributed by atoms with Gasteiger partial charge in [-0.2, -0.15) is 0 Å². The van der Waals surface area contributed by atoms with Crippen molar-refractivity contribution < 1.29 is 0 Å². The molecule has 0 fully saturated rings. The number of benzene rings is 1. The van der Waals surface area contributed by atoms with Gasteiger partial charge in [0.15, 0.2) is 0 Å². The fourth-order valence-electron chi connectivity index (χ4n) is 1.91. The van der Waals surface area contributed by atoms with Gasteiger partial charge in [-0.3, -0.25) is 0 Å². The lowest BCUT2D eigenvalue weighted by atomic mass is 10.0. The summed E-state index contributed by atoms with van der Waals surface area (Å²) in [6, 6.07) is 7.67. The molecule has 100 valence electrons. The highest BCUT2D eigenvalue weighted by Gasteiger charge is 2.12. The van der Waals surface area contributed by atoms with Crippen LogP contribution in [0, 0.1) is 0 Å². The van der Waals surface area contributed by atoms with Gasteiger partial charge in [0.2, 0.25) is 0 Å². The summed E-state index contributed by atoms with van der Waals surface area (Å²) in [6.45, 7) is 2.79. The van der Waals surface area contributed by atoms with Gasteiger partial charge in [0, 0.05) is 28.8 Å². The van der Waals surface area contributed by atoms with Gasteiger partial charge in [0.05, 0.1) is 5.69 Å². The summed E-state index contributed by atoms with van der Waals surface area (Å²) in [5.41, 5.74) is 2.01. The first kappa shape index (κ1) is 14.3. The molecule has 1 aromatic carbocycles. The quantitative estimate of drug-likeness (QED) is 0.905. The van der Waals surface area contributed by atoms with Crippen molar-refractivity contribution in [2.24, 2.45) is 0 Å². The predicted octanol–water partition coefficient (Wildman–Crippen LogP) is 4.02. The Balaban J connectivity index is 2.08. The Morgan fingerprint density at radius 3 is 2.74 bits per heavy atom. The second-order valence-electron chi connectivity index (χ2n) is 4.21. The van der Waals surface area contributed by atoms with Crippen LogP contribution in [0.3, 0.4) is 0 Å². The van der Waals surface area contributed by atoms with E-state index in [4.69, 9.17) is 23.2 Å². The summed E-state index contributed by atoms with van der Waals surface area (Å²) in [5.74, 6) is 0. The number of nitrogens with one attached hydrogen (secondary N) is 1. The summed E-state index contributed by atoms with van der Waals surface area (Å²) in [7, 11) is 0. The standard InChI is InChI=1S/C14H15Cl2N3/c1-2-14(12-4-3-10(15)7-13(12)16)18-8-11-5-6-17-9-19-11/h3-7,9,14,18H,2,8H2,1H3. The second kappa shape index (κ2) is 6.85. The van der Waals surface area contributed by atoms with Crippen LogP contribution in [0.1, 0.15) is 30.6 Å². The molecule has 1 atom stereocenters. The molecule has 5 heteroatoms. The second-order valence-corrected chi connectivity index (χ2v) is 5.05. The van der Waals surface area contributed by atoms with E-state index in [0.29, 0.717) is 16.6 Å². The monoisotopic (exact) mass is 295 g/mol. The number of rotatable bonds is 5. The van der Waals surface area contributed by atoms with Crippen LogP contribution in [0.4, 0.5) is 0 Å². The summed E-state index contributed by atoms with van der Waals surface area (Å²) in [4.78, 5) is 8.09. The molecule has 0 radical (unpaired) electrons. The van der Waals surface area contributed by atoms with Gasteiger partial charge in [0.25, 0.3) is 0 Å². The molecule has 1 aromatic heterocycles. The summed E-state index contributed by atoms with van der Waals surface area (Å²) in [6.07, 6.45) is 4.22. The van der Waals surface area contributed by atoms with E-state index in [1.54, 1.807) is 18.6 Å². The van der Waals surface area contributed by atoms with E-state index in [0.717, 1.165) is 17.7 Å². The highest BCUT2D eigenvalue weighted by molar-refractivity contribution is 6.35. The van der Waals surface area contributed by atoms with Gasteiger partial charge < -0.3 is 5.32 Å². The molecule has 0 saturated carbocycles. The molecule has 0 bridgehead atoms. The lowest BCUT2D eigenvalue weighted by Crippen LogP contribution is -2.21. The highest BCUT2D eigenvalue weighted by atomic mass is 35.5. The topological polar surface area (TPSA) is 37.8 Å². The molecule has 0 saturated heterocycles. The average Bonchev–Trinajstić information content (AvgIpc) is 2.42. The van der Waals surface area contributed by atoms with Crippen molar-refractivity contribution in [1.29, 1.82) is 0 Å². The van der Waals surface area contributed by atoms with Gasteiger partial charge in [-0.1, -0.05) is 36.2 Å². The minimum Gasteiger partial charge on any atom is -0.304 e. The third kappa shape index (κ3) is 3.90. The molecular weight excluding hydrogens is 281 g/mol. The van der Waals surface area contributed by atoms with Crippen LogP contribution < -0.4 is 5.32 Å². The average molecular weight is 296 g/mol. The Kier molecular flexibility index (Phi) is 5.14. The minimum absolute atomic E-state index is 0.180. The maximum Gasteiger partial charge on any atom is 0.115 e. The van der Waals surface area contributed by atoms with Crippen LogP contribution in [0.5, 0.6) is 0 Å². The van der Waals surface area contributed by atoms with Crippen molar-refractivity contribution in [3.05, 3.63) is 58.1 Å². The molecule has 2 rings (SSSR count). The number of halogens is 2. The molecule has 0 aliphatic heterocycles. The molecule has 3 nitrogen and oxygen atoms in total. The molecule has 19 heavy (non-hydrogen) atoms. The third-order valence-corrected chi connectivity index (χ3v) is 3.48. The molecule has 0 amide bonds. The van der Waals surface area contributed by atoms with Gasteiger partial charge in [0.1, 0.15) is 6.33 Å². The smallest absolute Gasteiger partial charge is 0.115 e. The molecule has 1 unspecified atom stereocenters. The normalized spacial score (nSPS) is 12.4. The number of nitrogens with zero attached hydrogens (tertiary/aromatic N) is 2. The van der Waals surface area contributed by atoms with E-state index in [2.05, 4.69) is 22.2 Å². The van der Waals surface area contributed by atoms with E-state index in [-0.39, 0.29) is 6.04 Å². The van der Waals surface area contributed by atoms with Crippen molar-refractivity contribution in [2.75, 3.05) is 0 Å². The Morgan fingerprint density at radius 2 is 2.11 bits per heavy atom. The van der Waals surface area contributed by atoms with E-state index in [1.165, 1.54) is 0 Å². The van der Waals surface area contributed by atoms with Crippen LogP contribution in [-0.4, -0.2) is 9.97 Å².